The van der Waals surface area contributed by atoms with Gasteiger partial charge in [0.1, 0.15) is 12.5 Å². The smallest absolute Gasteiger partial charge is 0.305 e. The molecule has 51 heavy (non-hydrogen) atoms. The van der Waals surface area contributed by atoms with E-state index in [1.165, 1.54) is 12.1 Å². The predicted molar refractivity (Wildman–Crippen MR) is 197 cm³/mol. The van der Waals surface area contributed by atoms with Crippen LogP contribution in [0.25, 0.3) is 22.4 Å². The van der Waals surface area contributed by atoms with Crippen molar-refractivity contribution in [3.63, 3.8) is 0 Å². The number of ether oxygens (including phenoxy) is 1. The SMILES string of the molecule is CC(C)c1c(C(=O)N(COCc2ccccc2)c2ccc(Cl)cc2)c(-c2ccccc2)c(-c2ccc(F)cc2)n1CC[C@@H](O)C[C@@H](O)CC(=O)O. The second kappa shape index (κ2) is 17.4. The van der Waals surface area contributed by atoms with Crippen LogP contribution in [0.3, 0.4) is 0 Å². The molecule has 2 atom stereocenters. The third-order valence-electron chi connectivity index (χ3n) is 8.60. The summed E-state index contributed by atoms with van der Waals surface area (Å²) in [5.41, 5.74) is 5.36. The van der Waals surface area contributed by atoms with Gasteiger partial charge in [0.05, 0.1) is 36.5 Å². The van der Waals surface area contributed by atoms with Gasteiger partial charge in [0.2, 0.25) is 0 Å². The number of anilines is 1. The number of aliphatic carboxylic acids is 1. The molecule has 10 heteroatoms. The molecule has 1 amide bonds. The van der Waals surface area contributed by atoms with Gasteiger partial charge in [0.15, 0.2) is 0 Å². The number of carboxylic acid groups (broad SMARTS) is 1. The number of amides is 1. The van der Waals surface area contributed by atoms with Crippen molar-refractivity contribution in [3.8, 4) is 22.4 Å². The van der Waals surface area contributed by atoms with Gasteiger partial charge in [-0.15, -0.1) is 0 Å². The number of aliphatic hydroxyl groups excluding tert-OH is 2. The summed E-state index contributed by atoms with van der Waals surface area (Å²) in [6, 6.07) is 32.2. The number of hydrogen-bond donors (Lipinski definition) is 3. The number of benzene rings is 4. The molecule has 1 aromatic heterocycles. The van der Waals surface area contributed by atoms with Gasteiger partial charge in [-0.2, -0.15) is 0 Å². The van der Waals surface area contributed by atoms with Crippen LogP contribution in [0.4, 0.5) is 10.1 Å². The molecule has 0 unspecified atom stereocenters. The Hall–Kier alpha value is -4.80. The summed E-state index contributed by atoms with van der Waals surface area (Å²) in [7, 11) is 0. The van der Waals surface area contributed by atoms with E-state index in [0.717, 1.165) is 11.1 Å². The van der Waals surface area contributed by atoms with Gasteiger partial charge in [-0.1, -0.05) is 86.1 Å². The summed E-state index contributed by atoms with van der Waals surface area (Å²) in [6.07, 6.45) is -2.70. The van der Waals surface area contributed by atoms with Gasteiger partial charge in [-0.05, 0) is 84.0 Å². The summed E-state index contributed by atoms with van der Waals surface area (Å²) in [5.74, 6) is -2.10. The second-order valence-corrected chi connectivity index (χ2v) is 13.2. The van der Waals surface area contributed by atoms with Crippen molar-refractivity contribution in [2.24, 2.45) is 0 Å². The number of carboxylic acids is 1. The normalized spacial score (nSPS) is 12.5. The first kappa shape index (κ1) is 37.5. The molecule has 5 rings (SSSR count). The van der Waals surface area contributed by atoms with Crippen LogP contribution in [0.15, 0.2) is 109 Å². The maximum absolute atomic E-state index is 15.2. The average molecular weight is 713 g/mol. The Kier molecular flexibility index (Phi) is 12.8. The molecule has 1 heterocycles. The largest absolute Gasteiger partial charge is 0.481 e. The zero-order valence-corrected chi connectivity index (χ0v) is 29.3. The Labute approximate surface area is 302 Å². The average Bonchev–Trinajstić information content (AvgIpc) is 3.46. The molecule has 0 aliphatic carbocycles. The van der Waals surface area contributed by atoms with Gasteiger partial charge >= 0.3 is 5.97 Å². The fraction of sp³-hybridized carbons (Fsp3) is 0.268. The Morgan fingerprint density at radius 3 is 2.08 bits per heavy atom. The predicted octanol–water partition coefficient (Wildman–Crippen LogP) is 8.54. The number of carbonyl (C=O) groups excluding carboxylic acids is 1. The van der Waals surface area contributed by atoms with Crippen molar-refractivity contribution >= 4 is 29.2 Å². The van der Waals surface area contributed by atoms with Crippen LogP contribution < -0.4 is 4.90 Å². The summed E-state index contributed by atoms with van der Waals surface area (Å²) < 4.78 is 22.5. The van der Waals surface area contributed by atoms with E-state index < -0.39 is 30.4 Å². The van der Waals surface area contributed by atoms with E-state index in [-0.39, 0.29) is 44.5 Å². The van der Waals surface area contributed by atoms with Crippen LogP contribution >= 0.6 is 11.6 Å². The van der Waals surface area contributed by atoms with Crippen LogP contribution in [-0.4, -0.2) is 50.7 Å². The number of hydrogen-bond acceptors (Lipinski definition) is 5. The molecule has 0 aliphatic heterocycles. The van der Waals surface area contributed by atoms with Crippen LogP contribution in [0.1, 0.15) is 60.6 Å². The van der Waals surface area contributed by atoms with Crippen molar-refractivity contribution in [1.82, 2.24) is 4.57 Å². The van der Waals surface area contributed by atoms with E-state index in [4.69, 9.17) is 21.4 Å². The van der Waals surface area contributed by atoms with Gasteiger partial charge in [-0.25, -0.2) is 4.39 Å². The van der Waals surface area contributed by atoms with Crippen LogP contribution in [0, 0.1) is 5.82 Å². The van der Waals surface area contributed by atoms with E-state index in [1.54, 1.807) is 41.3 Å². The molecular formula is C41H42ClFN2O6. The fourth-order valence-corrected chi connectivity index (χ4v) is 6.44. The van der Waals surface area contributed by atoms with E-state index in [2.05, 4.69) is 0 Å². The highest BCUT2D eigenvalue weighted by atomic mass is 35.5. The van der Waals surface area contributed by atoms with Crippen LogP contribution in [0.2, 0.25) is 5.02 Å². The van der Waals surface area contributed by atoms with Crippen molar-refractivity contribution in [2.75, 3.05) is 11.6 Å². The molecule has 5 aromatic rings. The number of aliphatic hydroxyl groups is 2. The Morgan fingerprint density at radius 1 is 0.843 bits per heavy atom. The zero-order valence-electron chi connectivity index (χ0n) is 28.6. The second-order valence-electron chi connectivity index (χ2n) is 12.8. The van der Waals surface area contributed by atoms with Gasteiger partial charge in [-0.3, -0.25) is 14.5 Å². The maximum Gasteiger partial charge on any atom is 0.305 e. The highest BCUT2D eigenvalue weighted by Gasteiger charge is 2.33. The third-order valence-corrected chi connectivity index (χ3v) is 8.85. The summed E-state index contributed by atoms with van der Waals surface area (Å²) in [5, 5.41) is 30.8. The zero-order chi connectivity index (χ0) is 36.5. The van der Waals surface area contributed by atoms with Crippen molar-refractivity contribution in [3.05, 3.63) is 137 Å². The first-order valence-electron chi connectivity index (χ1n) is 16.9. The van der Waals surface area contributed by atoms with E-state index in [9.17, 15) is 19.4 Å². The molecule has 0 fully saturated rings. The van der Waals surface area contributed by atoms with Crippen molar-refractivity contribution in [1.29, 1.82) is 0 Å². The summed E-state index contributed by atoms with van der Waals surface area (Å²) >= 11 is 6.26. The lowest BCUT2D eigenvalue weighted by molar-refractivity contribution is -0.139. The lowest BCUT2D eigenvalue weighted by Crippen LogP contribution is -2.34. The molecule has 0 saturated heterocycles. The maximum atomic E-state index is 15.2. The highest BCUT2D eigenvalue weighted by Crippen LogP contribution is 2.43. The van der Waals surface area contributed by atoms with E-state index in [1.807, 2.05) is 79.1 Å². The van der Waals surface area contributed by atoms with Crippen molar-refractivity contribution < 1.29 is 34.0 Å². The number of rotatable bonds is 16. The minimum Gasteiger partial charge on any atom is -0.481 e. The molecule has 3 N–H and O–H groups in total. The monoisotopic (exact) mass is 712 g/mol. The van der Waals surface area contributed by atoms with E-state index >= 15 is 4.79 Å². The Morgan fingerprint density at radius 2 is 1.47 bits per heavy atom. The number of halogens is 2. The third kappa shape index (κ3) is 9.51. The molecule has 0 bridgehead atoms. The lowest BCUT2D eigenvalue weighted by atomic mass is 9.94. The van der Waals surface area contributed by atoms with Gasteiger partial charge in [0.25, 0.3) is 5.91 Å². The molecule has 0 saturated carbocycles. The molecule has 0 spiro atoms. The molecule has 0 radical (unpaired) electrons. The number of nitrogens with zero attached hydrogens (tertiary/aromatic N) is 2. The first-order chi connectivity index (χ1) is 24.5. The summed E-state index contributed by atoms with van der Waals surface area (Å²) in [4.78, 5) is 27.9. The van der Waals surface area contributed by atoms with Gasteiger partial charge in [0, 0.05) is 28.5 Å². The number of carbonyl (C=O) groups is 2. The number of aromatic nitrogens is 1. The fourth-order valence-electron chi connectivity index (χ4n) is 6.31. The minimum absolute atomic E-state index is 0.0711. The minimum atomic E-state index is -1.22. The van der Waals surface area contributed by atoms with Gasteiger partial charge < -0.3 is 24.6 Å². The molecular weight excluding hydrogens is 671 g/mol. The van der Waals surface area contributed by atoms with Crippen LogP contribution in [0.5, 0.6) is 0 Å². The van der Waals surface area contributed by atoms with Crippen LogP contribution in [-0.2, 0) is 22.7 Å². The molecule has 4 aromatic carbocycles. The highest BCUT2D eigenvalue weighted by molar-refractivity contribution is 6.30. The molecule has 266 valence electrons. The molecule has 0 aliphatic rings. The van der Waals surface area contributed by atoms with Crippen molar-refractivity contribution in [2.45, 2.75) is 64.4 Å². The Balaban J connectivity index is 1.68. The summed E-state index contributed by atoms with van der Waals surface area (Å²) in [6.45, 7) is 4.39. The topological polar surface area (TPSA) is 112 Å². The molecule has 8 nitrogen and oxygen atoms in total. The quantitative estimate of drug-likeness (QED) is 0.0885. The standard InChI is InChI=1S/C41H42ClFN2O6/c1-27(2)39-38(41(50)45(33-19-15-31(42)16-20-33)26-51-25-28-9-5-3-6-10-28)37(29-11-7-4-8-12-29)40(30-13-17-32(43)18-14-30)44(39)22-21-34(46)23-35(47)24-36(48)49/h3-20,27,34-35,46-47H,21-26H2,1-2H3,(H,48,49)/t34-,35-/m1/s1. The lowest BCUT2D eigenvalue weighted by Gasteiger charge is -2.25. The Bertz CT molecular complexity index is 1900. The van der Waals surface area contributed by atoms with E-state index in [0.29, 0.717) is 38.8 Å². The first-order valence-corrected chi connectivity index (χ1v) is 17.3.